The molecule has 0 bridgehead atoms. The van der Waals surface area contributed by atoms with Crippen molar-refractivity contribution in [3.63, 3.8) is 0 Å². The molecule has 1 aliphatic heterocycles. The molecule has 0 atom stereocenters. The molecule has 3 nitrogen and oxygen atoms in total. The van der Waals surface area contributed by atoms with Crippen molar-refractivity contribution in [3.05, 3.63) is 0 Å². The number of hydrogen-bond donors (Lipinski definition) is 1. The molecule has 0 spiro atoms. The fraction of sp³-hybridized carbons (Fsp3) is 1.00. The first-order valence-corrected chi connectivity index (χ1v) is 3.82. The lowest BCUT2D eigenvalue weighted by Gasteiger charge is -2.23. The summed E-state index contributed by atoms with van der Waals surface area (Å²) in [6.45, 7) is 6.28. The molecule has 1 heterocycles. The molecule has 0 aromatic carbocycles. The first-order valence-electron chi connectivity index (χ1n) is 3.01. The van der Waals surface area contributed by atoms with Gasteiger partial charge in [-0.3, -0.25) is 9.46 Å². The van der Waals surface area contributed by atoms with E-state index in [0.29, 0.717) is 0 Å². The Morgan fingerprint density at radius 2 is 2.11 bits per heavy atom. The summed E-state index contributed by atoms with van der Waals surface area (Å²) in [5.41, 5.74) is -0.0801. The van der Waals surface area contributed by atoms with Crippen molar-refractivity contribution >= 4 is 8.61 Å². The summed E-state index contributed by atoms with van der Waals surface area (Å²) in [4.78, 5) is 2.21. The molecule has 9 heavy (non-hydrogen) atoms. The van der Waals surface area contributed by atoms with Crippen molar-refractivity contribution < 1.29 is 4.57 Å². The minimum absolute atomic E-state index is 0.0178. The molecule has 0 saturated carbocycles. The van der Waals surface area contributed by atoms with Crippen molar-refractivity contribution in [3.8, 4) is 0 Å². The Balaban J connectivity index is 2.38. The van der Waals surface area contributed by atoms with Crippen LogP contribution in [0.4, 0.5) is 0 Å². The molecule has 52 valence electrons. The fourth-order valence-corrected chi connectivity index (χ4v) is 1.16. The Bertz CT molecular complexity index is 122. The highest BCUT2D eigenvalue weighted by molar-refractivity contribution is 7.21. The van der Waals surface area contributed by atoms with Gasteiger partial charge in [0.15, 0.2) is 0 Å². The summed E-state index contributed by atoms with van der Waals surface area (Å²) in [5.74, 6) is 0. The van der Waals surface area contributed by atoms with Crippen LogP contribution in [0.25, 0.3) is 0 Å². The zero-order valence-electron chi connectivity index (χ0n) is 5.72. The van der Waals surface area contributed by atoms with Crippen LogP contribution in [0.5, 0.6) is 0 Å². The van der Waals surface area contributed by atoms with Gasteiger partial charge in [0.2, 0.25) is 8.61 Å². The van der Waals surface area contributed by atoms with Crippen LogP contribution < -0.4 is 5.09 Å². The molecule has 0 unspecified atom stereocenters. The molecule has 0 aromatic heterocycles. The lowest BCUT2D eigenvalue weighted by molar-refractivity contribution is 0.264. The van der Waals surface area contributed by atoms with Crippen molar-refractivity contribution in [1.29, 1.82) is 0 Å². The minimum atomic E-state index is -0.0801. The van der Waals surface area contributed by atoms with E-state index in [2.05, 4.69) is 9.99 Å². The maximum Gasteiger partial charge on any atom is 0.247 e. The topological polar surface area (TPSA) is 32.1 Å². The van der Waals surface area contributed by atoms with Crippen LogP contribution in [0.1, 0.15) is 13.8 Å². The predicted molar refractivity (Wildman–Crippen MR) is 36.4 cm³/mol. The maximum absolute atomic E-state index is 10.1. The summed E-state index contributed by atoms with van der Waals surface area (Å²) in [6, 6.07) is 0. The first kappa shape index (κ1) is 7.13. The second-order valence-electron chi connectivity index (χ2n) is 2.75. The Labute approximate surface area is 56.7 Å². The second-order valence-corrected chi connectivity index (χ2v) is 3.16. The van der Waals surface area contributed by atoms with E-state index in [4.69, 9.17) is 0 Å². The molecular formula is C5H11N2OP. The first-order chi connectivity index (χ1) is 4.17. The summed E-state index contributed by atoms with van der Waals surface area (Å²) >= 11 is 0. The van der Waals surface area contributed by atoms with E-state index in [1.807, 2.05) is 13.8 Å². The van der Waals surface area contributed by atoms with E-state index in [0.717, 1.165) is 13.1 Å². The standard InChI is InChI=1S/C5H11N2OP/c1-5(2,6-9-8)7-3-4-7/h3-4H2,1-2H3,(H,6,8). The van der Waals surface area contributed by atoms with Gasteiger partial charge in [-0.1, -0.05) is 0 Å². The van der Waals surface area contributed by atoms with Gasteiger partial charge in [-0.25, -0.2) is 5.09 Å². The average Bonchev–Trinajstić information content (AvgIpc) is 2.41. The summed E-state index contributed by atoms with van der Waals surface area (Å²) in [6.07, 6.45) is 0. The van der Waals surface area contributed by atoms with Crippen molar-refractivity contribution in [2.24, 2.45) is 0 Å². The average molecular weight is 146 g/mol. The van der Waals surface area contributed by atoms with E-state index in [9.17, 15) is 4.57 Å². The van der Waals surface area contributed by atoms with Crippen LogP contribution in [-0.2, 0) is 4.57 Å². The molecule has 1 fully saturated rings. The fourth-order valence-electron chi connectivity index (χ4n) is 0.791. The largest absolute Gasteiger partial charge is 0.283 e. The Hall–Kier alpha value is 0.0200. The van der Waals surface area contributed by atoms with E-state index >= 15 is 0 Å². The van der Waals surface area contributed by atoms with Crippen LogP contribution in [0.2, 0.25) is 0 Å². The third-order valence-electron chi connectivity index (χ3n) is 1.56. The molecule has 1 saturated heterocycles. The summed E-state index contributed by atoms with van der Waals surface area (Å²) in [7, 11) is 0.0178. The molecule has 1 N–H and O–H groups in total. The van der Waals surface area contributed by atoms with Crippen LogP contribution in [-0.4, -0.2) is 23.7 Å². The Morgan fingerprint density at radius 1 is 1.56 bits per heavy atom. The molecule has 0 aliphatic carbocycles. The monoisotopic (exact) mass is 146 g/mol. The zero-order valence-corrected chi connectivity index (χ0v) is 6.61. The number of nitrogens with zero attached hydrogens (tertiary/aromatic N) is 1. The van der Waals surface area contributed by atoms with Gasteiger partial charge in [0.05, 0.1) is 5.66 Å². The van der Waals surface area contributed by atoms with Gasteiger partial charge in [-0.2, -0.15) is 0 Å². The highest BCUT2D eigenvalue weighted by Crippen LogP contribution is 2.20. The van der Waals surface area contributed by atoms with Crippen LogP contribution in [0.3, 0.4) is 0 Å². The highest BCUT2D eigenvalue weighted by Gasteiger charge is 2.33. The normalized spacial score (nSPS) is 20.7. The number of hydrogen-bond acceptors (Lipinski definition) is 2. The molecule has 0 amide bonds. The molecule has 4 heteroatoms. The molecular weight excluding hydrogens is 135 g/mol. The smallest absolute Gasteiger partial charge is 0.247 e. The molecule has 1 rings (SSSR count). The summed E-state index contributed by atoms with van der Waals surface area (Å²) in [5, 5.41) is 2.83. The SMILES string of the molecule is CC(C)(NP=O)N1CC1. The maximum atomic E-state index is 10.1. The minimum Gasteiger partial charge on any atom is -0.283 e. The lowest BCUT2D eigenvalue weighted by Crippen LogP contribution is -2.40. The molecule has 0 radical (unpaired) electrons. The van der Waals surface area contributed by atoms with Crippen molar-refractivity contribution in [2.45, 2.75) is 19.5 Å². The zero-order chi connectivity index (χ0) is 6.91. The summed E-state index contributed by atoms with van der Waals surface area (Å²) < 4.78 is 10.1. The molecule has 1 aliphatic rings. The van der Waals surface area contributed by atoms with Crippen molar-refractivity contribution in [1.82, 2.24) is 9.99 Å². The van der Waals surface area contributed by atoms with Gasteiger partial charge in [0.1, 0.15) is 0 Å². The van der Waals surface area contributed by atoms with Crippen molar-refractivity contribution in [2.75, 3.05) is 13.1 Å². The Morgan fingerprint density at radius 3 is 2.44 bits per heavy atom. The third-order valence-corrected chi connectivity index (χ3v) is 2.20. The van der Waals surface area contributed by atoms with Crippen LogP contribution >= 0.6 is 8.61 Å². The second kappa shape index (κ2) is 2.33. The van der Waals surface area contributed by atoms with Crippen LogP contribution in [0.15, 0.2) is 0 Å². The lowest BCUT2D eigenvalue weighted by atomic mass is 10.3. The number of rotatable bonds is 3. The van der Waals surface area contributed by atoms with Gasteiger partial charge >= 0.3 is 0 Å². The van der Waals surface area contributed by atoms with E-state index in [1.165, 1.54) is 0 Å². The predicted octanol–water partition coefficient (Wildman–Crippen LogP) is 0.834. The van der Waals surface area contributed by atoms with Gasteiger partial charge in [-0.15, -0.1) is 0 Å². The van der Waals surface area contributed by atoms with E-state index in [-0.39, 0.29) is 14.3 Å². The Kier molecular flexibility index (Phi) is 1.85. The molecule has 0 aromatic rings. The quantitative estimate of drug-likeness (QED) is 0.473. The van der Waals surface area contributed by atoms with E-state index < -0.39 is 0 Å². The third kappa shape index (κ3) is 1.71. The van der Waals surface area contributed by atoms with Gasteiger partial charge in [-0.05, 0) is 13.8 Å². The van der Waals surface area contributed by atoms with Gasteiger partial charge in [0, 0.05) is 13.1 Å². The van der Waals surface area contributed by atoms with E-state index in [1.54, 1.807) is 0 Å². The van der Waals surface area contributed by atoms with Gasteiger partial charge < -0.3 is 0 Å². The van der Waals surface area contributed by atoms with Gasteiger partial charge in [0.25, 0.3) is 0 Å². The van der Waals surface area contributed by atoms with Crippen LogP contribution in [0, 0.1) is 0 Å². The highest BCUT2D eigenvalue weighted by atomic mass is 31.1. The number of nitrogens with one attached hydrogen (secondary N) is 1.